The Bertz CT molecular complexity index is 961. The monoisotopic (exact) mass is 402 g/mol. The van der Waals surface area contributed by atoms with E-state index in [9.17, 15) is 9.59 Å². The van der Waals surface area contributed by atoms with Gasteiger partial charge in [0, 0.05) is 23.1 Å². The first-order valence-corrected chi connectivity index (χ1v) is 9.93. The Labute approximate surface area is 176 Å². The number of para-hydroxylation sites is 1. The molecule has 0 fully saturated rings. The molecule has 1 unspecified atom stereocenters. The summed E-state index contributed by atoms with van der Waals surface area (Å²) in [4.78, 5) is 24.4. The zero-order valence-electron chi connectivity index (χ0n) is 16.9. The maximum absolute atomic E-state index is 12.3. The number of benzene rings is 3. The molecule has 0 radical (unpaired) electrons. The van der Waals surface area contributed by atoms with Crippen LogP contribution < -0.4 is 21.3 Å². The fourth-order valence-electron chi connectivity index (χ4n) is 2.98. The van der Waals surface area contributed by atoms with E-state index in [0.717, 1.165) is 12.8 Å². The molecule has 0 bridgehead atoms. The molecule has 4 N–H and O–H groups in total. The van der Waals surface area contributed by atoms with Crippen molar-refractivity contribution in [1.82, 2.24) is 5.32 Å². The number of hydrogen-bond acceptors (Lipinski definition) is 2. The zero-order chi connectivity index (χ0) is 21.2. The SMILES string of the molecule is CC(CCc1ccccc1)NC(=O)Nc1cccc(NC(=O)Nc2ccccc2)c1. The number of nitrogens with one attached hydrogen (secondary N) is 4. The van der Waals surface area contributed by atoms with Crippen LogP contribution in [0.5, 0.6) is 0 Å². The van der Waals surface area contributed by atoms with E-state index in [2.05, 4.69) is 33.4 Å². The smallest absolute Gasteiger partial charge is 0.323 e. The van der Waals surface area contributed by atoms with Gasteiger partial charge >= 0.3 is 12.1 Å². The topological polar surface area (TPSA) is 82.3 Å². The Morgan fingerprint density at radius 3 is 1.90 bits per heavy atom. The lowest BCUT2D eigenvalue weighted by Gasteiger charge is -2.15. The Hall–Kier alpha value is -3.80. The highest BCUT2D eigenvalue weighted by Crippen LogP contribution is 2.16. The Morgan fingerprint density at radius 1 is 0.700 bits per heavy atom. The maximum atomic E-state index is 12.3. The van der Waals surface area contributed by atoms with Crippen molar-refractivity contribution in [3.05, 3.63) is 90.5 Å². The van der Waals surface area contributed by atoms with Crippen LogP contribution in [0, 0.1) is 0 Å². The van der Waals surface area contributed by atoms with Crippen molar-refractivity contribution in [2.24, 2.45) is 0 Å². The van der Waals surface area contributed by atoms with Crippen LogP contribution in [0.15, 0.2) is 84.9 Å². The normalized spacial score (nSPS) is 11.2. The van der Waals surface area contributed by atoms with E-state index in [4.69, 9.17) is 0 Å². The van der Waals surface area contributed by atoms with Gasteiger partial charge in [-0.1, -0.05) is 54.6 Å². The number of anilines is 3. The Morgan fingerprint density at radius 2 is 1.23 bits per heavy atom. The highest BCUT2D eigenvalue weighted by atomic mass is 16.2. The van der Waals surface area contributed by atoms with Gasteiger partial charge in [-0.2, -0.15) is 0 Å². The summed E-state index contributed by atoms with van der Waals surface area (Å²) in [6, 6.07) is 25.8. The van der Waals surface area contributed by atoms with Gasteiger partial charge in [-0.25, -0.2) is 9.59 Å². The quantitative estimate of drug-likeness (QED) is 0.422. The molecule has 0 saturated heterocycles. The highest BCUT2D eigenvalue weighted by molar-refractivity contribution is 6.00. The lowest BCUT2D eigenvalue weighted by atomic mass is 10.1. The van der Waals surface area contributed by atoms with Crippen LogP contribution in [-0.2, 0) is 6.42 Å². The largest absolute Gasteiger partial charge is 0.335 e. The molecule has 0 spiro atoms. The zero-order valence-corrected chi connectivity index (χ0v) is 16.9. The minimum absolute atomic E-state index is 0.0307. The fourth-order valence-corrected chi connectivity index (χ4v) is 2.98. The summed E-state index contributed by atoms with van der Waals surface area (Å²) in [6.07, 6.45) is 1.75. The molecule has 4 amide bonds. The molecule has 0 saturated carbocycles. The number of aryl methyl sites for hydroxylation is 1. The molecule has 3 rings (SSSR count). The van der Waals surface area contributed by atoms with Gasteiger partial charge in [-0.05, 0) is 55.7 Å². The molecule has 0 aliphatic heterocycles. The number of urea groups is 2. The molecule has 3 aromatic rings. The van der Waals surface area contributed by atoms with E-state index >= 15 is 0 Å². The van der Waals surface area contributed by atoms with Crippen LogP contribution in [-0.4, -0.2) is 18.1 Å². The third kappa shape index (κ3) is 6.98. The van der Waals surface area contributed by atoms with Gasteiger partial charge in [-0.3, -0.25) is 0 Å². The van der Waals surface area contributed by atoms with Crippen LogP contribution in [0.3, 0.4) is 0 Å². The van der Waals surface area contributed by atoms with Gasteiger partial charge in [0.05, 0.1) is 0 Å². The van der Waals surface area contributed by atoms with Gasteiger partial charge in [0.15, 0.2) is 0 Å². The summed E-state index contributed by atoms with van der Waals surface area (Å²) < 4.78 is 0. The molecular formula is C24H26N4O2. The molecule has 154 valence electrons. The second-order valence-corrected chi connectivity index (χ2v) is 7.05. The molecule has 0 heterocycles. The van der Waals surface area contributed by atoms with E-state index in [0.29, 0.717) is 17.1 Å². The molecule has 0 aliphatic rings. The predicted molar refractivity (Wildman–Crippen MR) is 122 cm³/mol. The van der Waals surface area contributed by atoms with Gasteiger partial charge in [0.2, 0.25) is 0 Å². The van der Waals surface area contributed by atoms with E-state index in [-0.39, 0.29) is 18.1 Å². The second kappa shape index (κ2) is 10.7. The number of carbonyl (C=O) groups excluding carboxylic acids is 2. The summed E-state index contributed by atoms with van der Waals surface area (Å²) >= 11 is 0. The van der Waals surface area contributed by atoms with Crippen LogP contribution in [0.1, 0.15) is 18.9 Å². The first kappa shape index (κ1) is 20.9. The van der Waals surface area contributed by atoms with Crippen LogP contribution >= 0.6 is 0 Å². The lowest BCUT2D eigenvalue weighted by Crippen LogP contribution is -2.36. The molecule has 0 aromatic heterocycles. The van der Waals surface area contributed by atoms with Crippen molar-refractivity contribution >= 4 is 29.1 Å². The number of hydrogen-bond donors (Lipinski definition) is 4. The van der Waals surface area contributed by atoms with Crippen molar-refractivity contribution in [3.63, 3.8) is 0 Å². The first-order chi connectivity index (χ1) is 14.6. The number of amides is 4. The van der Waals surface area contributed by atoms with Crippen molar-refractivity contribution in [1.29, 1.82) is 0 Å². The average molecular weight is 402 g/mol. The molecule has 30 heavy (non-hydrogen) atoms. The first-order valence-electron chi connectivity index (χ1n) is 9.93. The minimum Gasteiger partial charge on any atom is -0.335 e. The third-order valence-electron chi connectivity index (χ3n) is 4.50. The van der Waals surface area contributed by atoms with E-state index in [1.54, 1.807) is 36.4 Å². The fraction of sp³-hybridized carbons (Fsp3) is 0.167. The summed E-state index contributed by atoms with van der Waals surface area (Å²) in [5.74, 6) is 0. The molecule has 3 aromatic carbocycles. The van der Waals surface area contributed by atoms with Crippen molar-refractivity contribution in [2.75, 3.05) is 16.0 Å². The summed E-state index contributed by atoms with van der Waals surface area (Å²) in [5.41, 5.74) is 3.13. The minimum atomic E-state index is -0.350. The standard InChI is InChI=1S/C24H26N4O2/c1-18(15-16-19-9-4-2-5-10-19)25-23(29)27-21-13-8-14-22(17-21)28-24(30)26-20-11-6-3-7-12-20/h2-14,17-18H,15-16H2,1H3,(H2,25,27,29)(H2,26,28,30). The molecule has 6 nitrogen and oxygen atoms in total. The Balaban J connectivity index is 1.46. The van der Waals surface area contributed by atoms with Crippen LogP contribution in [0.2, 0.25) is 0 Å². The van der Waals surface area contributed by atoms with Gasteiger partial charge < -0.3 is 21.3 Å². The average Bonchev–Trinajstić information content (AvgIpc) is 2.74. The third-order valence-corrected chi connectivity index (χ3v) is 4.50. The van der Waals surface area contributed by atoms with E-state index in [1.807, 2.05) is 43.3 Å². The summed E-state index contributed by atoms with van der Waals surface area (Å²) in [7, 11) is 0. The molecular weight excluding hydrogens is 376 g/mol. The maximum Gasteiger partial charge on any atom is 0.323 e. The van der Waals surface area contributed by atoms with Crippen molar-refractivity contribution < 1.29 is 9.59 Å². The predicted octanol–water partition coefficient (Wildman–Crippen LogP) is 5.47. The molecule has 6 heteroatoms. The van der Waals surface area contributed by atoms with E-state index < -0.39 is 0 Å². The molecule has 1 atom stereocenters. The Kier molecular flexibility index (Phi) is 7.44. The summed E-state index contributed by atoms with van der Waals surface area (Å²) in [6.45, 7) is 1.98. The molecule has 0 aliphatic carbocycles. The van der Waals surface area contributed by atoms with Gasteiger partial charge in [0.25, 0.3) is 0 Å². The number of carbonyl (C=O) groups is 2. The summed E-state index contributed by atoms with van der Waals surface area (Å²) in [5, 5.41) is 11.3. The van der Waals surface area contributed by atoms with Crippen LogP contribution in [0.4, 0.5) is 26.7 Å². The highest BCUT2D eigenvalue weighted by Gasteiger charge is 2.09. The number of rotatable bonds is 7. The van der Waals surface area contributed by atoms with Gasteiger partial charge in [0.1, 0.15) is 0 Å². The van der Waals surface area contributed by atoms with Crippen molar-refractivity contribution in [3.8, 4) is 0 Å². The lowest BCUT2D eigenvalue weighted by molar-refractivity contribution is 0.248. The van der Waals surface area contributed by atoms with E-state index in [1.165, 1.54) is 5.56 Å². The van der Waals surface area contributed by atoms with Gasteiger partial charge in [-0.15, -0.1) is 0 Å². The second-order valence-electron chi connectivity index (χ2n) is 7.05. The van der Waals surface area contributed by atoms with Crippen molar-refractivity contribution in [2.45, 2.75) is 25.8 Å². The van der Waals surface area contributed by atoms with Crippen LogP contribution in [0.25, 0.3) is 0 Å².